The van der Waals surface area contributed by atoms with Crippen LogP contribution in [0, 0.1) is 13.8 Å². The number of aromatic nitrogens is 4. The second kappa shape index (κ2) is 7.74. The van der Waals surface area contributed by atoms with Crippen molar-refractivity contribution in [3.8, 4) is 0 Å². The first-order valence-corrected chi connectivity index (χ1v) is 9.94. The van der Waals surface area contributed by atoms with E-state index in [0.29, 0.717) is 23.9 Å². The second-order valence-electron chi connectivity index (χ2n) is 7.53. The quantitative estimate of drug-likeness (QED) is 0.666. The number of fused-ring (bicyclic) bond motifs is 1. The second-order valence-corrected chi connectivity index (χ2v) is 7.53. The number of nitrogens with zero attached hydrogens (tertiary/aromatic N) is 4. The van der Waals surface area contributed by atoms with Crippen molar-refractivity contribution in [2.75, 3.05) is 16.8 Å². The average molecular weight is 408 g/mol. The minimum Gasteiger partial charge on any atom is -0.447 e. The number of aromatic amines is 1. The van der Waals surface area contributed by atoms with Gasteiger partial charge in [0.2, 0.25) is 11.9 Å². The van der Waals surface area contributed by atoms with Crippen LogP contribution < -0.4 is 15.8 Å². The normalized spacial score (nSPS) is 17.3. The van der Waals surface area contributed by atoms with Gasteiger partial charge in [0.05, 0.1) is 12.1 Å². The Balaban J connectivity index is 1.65. The smallest absolute Gasteiger partial charge is 0.417 e. The number of anilines is 2. The van der Waals surface area contributed by atoms with Gasteiger partial charge in [-0.25, -0.2) is 9.69 Å². The maximum atomic E-state index is 12.6. The van der Waals surface area contributed by atoms with Gasteiger partial charge in [-0.15, -0.1) is 0 Å². The maximum absolute atomic E-state index is 12.6. The van der Waals surface area contributed by atoms with Crippen LogP contribution in [0.1, 0.15) is 43.3 Å². The number of benzene rings is 1. The van der Waals surface area contributed by atoms with Crippen LogP contribution in [0.3, 0.4) is 0 Å². The third-order valence-electron chi connectivity index (χ3n) is 5.22. The van der Waals surface area contributed by atoms with E-state index in [1.54, 1.807) is 6.92 Å². The zero-order chi connectivity index (χ0) is 21.4. The topological polar surface area (TPSA) is 113 Å². The molecule has 1 aromatic carbocycles. The summed E-state index contributed by atoms with van der Waals surface area (Å²) in [7, 11) is 0. The van der Waals surface area contributed by atoms with E-state index < -0.39 is 6.09 Å². The molecule has 1 saturated heterocycles. The lowest BCUT2D eigenvalue weighted by molar-refractivity contribution is 0.178. The highest BCUT2D eigenvalue weighted by atomic mass is 16.6. The highest BCUT2D eigenvalue weighted by Crippen LogP contribution is 2.24. The van der Waals surface area contributed by atoms with Crippen LogP contribution >= 0.6 is 0 Å². The molecule has 0 bridgehead atoms. The van der Waals surface area contributed by atoms with E-state index in [-0.39, 0.29) is 23.6 Å². The Kier molecular flexibility index (Phi) is 5.11. The fraction of sp³-hybridized carbons (Fsp3) is 0.381. The zero-order valence-corrected chi connectivity index (χ0v) is 17.4. The summed E-state index contributed by atoms with van der Waals surface area (Å²) in [6.45, 7) is 7.89. The van der Waals surface area contributed by atoms with Crippen molar-refractivity contribution in [3.63, 3.8) is 0 Å². The Morgan fingerprint density at radius 2 is 2.03 bits per heavy atom. The molecule has 0 aliphatic carbocycles. The Bertz CT molecular complexity index is 1180. The lowest BCUT2D eigenvalue weighted by Gasteiger charge is -2.20. The molecule has 0 unspecified atom stereocenters. The number of nitrogens with one attached hydrogen (secondary N) is 2. The fourth-order valence-corrected chi connectivity index (χ4v) is 3.58. The van der Waals surface area contributed by atoms with E-state index in [9.17, 15) is 9.59 Å². The number of cyclic esters (lactones) is 1. The van der Waals surface area contributed by atoms with Crippen LogP contribution in [-0.4, -0.2) is 38.7 Å². The number of pyridine rings is 1. The van der Waals surface area contributed by atoms with Gasteiger partial charge in [-0.2, -0.15) is 15.0 Å². The minimum atomic E-state index is -0.465. The van der Waals surface area contributed by atoms with Gasteiger partial charge in [-0.3, -0.25) is 4.79 Å². The van der Waals surface area contributed by atoms with Gasteiger partial charge in [-0.05, 0) is 50.8 Å². The van der Waals surface area contributed by atoms with Crippen molar-refractivity contribution in [2.24, 2.45) is 0 Å². The molecule has 3 heterocycles. The summed E-state index contributed by atoms with van der Waals surface area (Å²) in [6, 6.07) is 7.28. The maximum Gasteiger partial charge on any atom is 0.417 e. The van der Waals surface area contributed by atoms with Gasteiger partial charge in [-0.1, -0.05) is 18.6 Å². The third kappa shape index (κ3) is 3.70. The molecule has 4 rings (SSSR count). The monoisotopic (exact) mass is 408 g/mol. The summed E-state index contributed by atoms with van der Waals surface area (Å²) in [4.78, 5) is 42.2. The van der Waals surface area contributed by atoms with E-state index in [1.165, 1.54) is 4.90 Å². The van der Waals surface area contributed by atoms with Crippen LogP contribution in [0.15, 0.2) is 29.1 Å². The summed E-state index contributed by atoms with van der Waals surface area (Å²) >= 11 is 0. The van der Waals surface area contributed by atoms with Gasteiger partial charge in [0, 0.05) is 11.1 Å². The van der Waals surface area contributed by atoms with Gasteiger partial charge < -0.3 is 15.0 Å². The van der Waals surface area contributed by atoms with Crippen molar-refractivity contribution in [1.82, 2.24) is 19.9 Å². The number of rotatable bonds is 5. The van der Waals surface area contributed by atoms with Crippen molar-refractivity contribution in [2.45, 2.75) is 46.2 Å². The molecule has 1 fully saturated rings. The molecule has 2 atom stereocenters. The molecule has 2 aromatic heterocycles. The highest BCUT2D eigenvalue weighted by molar-refractivity contribution is 5.88. The molecule has 0 saturated carbocycles. The molecule has 156 valence electrons. The first-order valence-electron chi connectivity index (χ1n) is 9.94. The van der Waals surface area contributed by atoms with E-state index in [0.717, 1.165) is 22.9 Å². The summed E-state index contributed by atoms with van der Waals surface area (Å²) < 4.78 is 5.14. The van der Waals surface area contributed by atoms with Gasteiger partial charge in [0.1, 0.15) is 12.4 Å². The van der Waals surface area contributed by atoms with Crippen molar-refractivity contribution < 1.29 is 9.53 Å². The number of carbonyl (C=O) groups is 1. The minimum absolute atomic E-state index is 0.115. The average Bonchev–Trinajstić information content (AvgIpc) is 3.07. The van der Waals surface area contributed by atoms with Crippen LogP contribution in [0.2, 0.25) is 0 Å². The molecule has 30 heavy (non-hydrogen) atoms. The summed E-state index contributed by atoms with van der Waals surface area (Å²) in [6.07, 6.45) is 0.259. The number of carbonyl (C=O) groups excluding carboxylic acids is 1. The number of hydrogen-bond donors (Lipinski definition) is 2. The van der Waals surface area contributed by atoms with Gasteiger partial charge in [0.25, 0.3) is 5.56 Å². The van der Waals surface area contributed by atoms with Crippen LogP contribution in [0.4, 0.5) is 16.7 Å². The van der Waals surface area contributed by atoms with Crippen LogP contribution in [0.5, 0.6) is 0 Å². The Labute approximate surface area is 173 Å². The number of H-pyrrole nitrogens is 1. The largest absolute Gasteiger partial charge is 0.447 e. The number of amides is 1. The molecule has 0 spiro atoms. The molecule has 1 aliphatic heterocycles. The number of aryl methyl sites for hydroxylation is 2. The van der Waals surface area contributed by atoms with Crippen molar-refractivity contribution in [1.29, 1.82) is 0 Å². The Morgan fingerprint density at radius 3 is 2.80 bits per heavy atom. The standard InChI is InChI=1S/C21H24N6O3/c1-5-15-10-30-21(29)27(15)20-24-13(4)23-19(26-20)22-12(3)16-9-14-8-11(2)6-7-17(14)25-18(16)28/h6-9,12,15H,5,10H2,1-4H3,(H,25,28)(H,22,23,24,26)/t12-,15+/m1/s1. The molecular formula is C21H24N6O3. The highest BCUT2D eigenvalue weighted by Gasteiger charge is 2.35. The predicted molar refractivity (Wildman–Crippen MR) is 114 cm³/mol. The molecule has 2 N–H and O–H groups in total. The lowest BCUT2D eigenvalue weighted by Crippen LogP contribution is -2.35. The number of hydrogen-bond acceptors (Lipinski definition) is 7. The van der Waals surface area contributed by atoms with Crippen molar-refractivity contribution >= 4 is 28.9 Å². The molecule has 1 amide bonds. The summed E-state index contributed by atoms with van der Waals surface area (Å²) in [5.74, 6) is 1.00. The molecule has 3 aromatic rings. The third-order valence-corrected chi connectivity index (χ3v) is 5.22. The molecule has 9 heteroatoms. The molecular weight excluding hydrogens is 384 g/mol. The molecule has 0 radical (unpaired) electrons. The van der Waals surface area contributed by atoms with Crippen molar-refractivity contribution in [3.05, 3.63) is 51.6 Å². The fourth-order valence-electron chi connectivity index (χ4n) is 3.58. The SMILES string of the molecule is CC[C@H]1COC(=O)N1c1nc(C)nc(N[C@H](C)c2cc3cc(C)ccc3[nH]c2=O)n1. The lowest BCUT2D eigenvalue weighted by atomic mass is 10.1. The number of ether oxygens (including phenoxy) is 1. The zero-order valence-electron chi connectivity index (χ0n) is 17.4. The van der Waals surface area contributed by atoms with E-state index >= 15 is 0 Å². The van der Waals surface area contributed by atoms with Gasteiger partial charge >= 0.3 is 6.09 Å². The van der Waals surface area contributed by atoms with E-state index in [1.807, 2.05) is 45.0 Å². The summed E-state index contributed by atoms with van der Waals surface area (Å²) in [5, 5.41) is 4.12. The Hall–Kier alpha value is -3.49. The van der Waals surface area contributed by atoms with E-state index in [4.69, 9.17) is 4.74 Å². The van der Waals surface area contributed by atoms with Crippen LogP contribution in [0.25, 0.3) is 10.9 Å². The van der Waals surface area contributed by atoms with Gasteiger partial charge in [0.15, 0.2) is 0 Å². The molecule has 9 nitrogen and oxygen atoms in total. The predicted octanol–water partition coefficient (Wildman–Crippen LogP) is 3.24. The first-order chi connectivity index (χ1) is 14.4. The Morgan fingerprint density at radius 1 is 1.23 bits per heavy atom. The van der Waals surface area contributed by atoms with E-state index in [2.05, 4.69) is 25.3 Å². The summed E-state index contributed by atoms with van der Waals surface area (Å²) in [5.41, 5.74) is 2.30. The van der Waals surface area contributed by atoms with Crippen LogP contribution in [-0.2, 0) is 4.74 Å². The molecule has 1 aliphatic rings. The first kappa shape index (κ1) is 19.8.